The van der Waals surface area contributed by atoms with Crippen molar-refractivity contribution >= 4 is 29.0 Å². The number of anilines is 1. The van der Waals surface area contributed by atoms with Gasteiger partial charge >= 0.3 is 0 Å². The summed E-state index contributed by atoms with van der Waals surface area (Å²) in [5.74, 6) is 0.100. The molecule has 1 aromatic heterocycles. The van der Waals surface area contributed by atoms with Gasteiger partial charge in [-0.25, -0.2) is 0 Å². The SMILES string of the molecule is C[C@H](Sc1nnc(-c2ccc(O)cc2)o1)C(=O)Nc1ccc([N+](=O)[O-])cc1. The lowest BCUT2D eigenvalue weighted by Gasteiger charge is -2.09. The highest BCUT2D eigenvalue weighted by atomic mass is 32.2. The number of thioether (sulfide) groups is 1. The van der Waals surface area contributed by atoms with Gasteiger partial charge in [0.2, 0.25) is 11.8 Å². The van der Waals surface area contributed by atoms with E-state index in [9.17, 15) is 20.0 Å². The van der Waals surface area contributed by atoms with Crippen LogP contribution in [0, 0.1) is 10.1 Å². The van der Waals surface area contributed by atoms with E-state index in [-0.39, 0.29) is 28.5 Å². The van der Waals surface area contributed by atoms with Gasteiger partial charge in [0.15, 0.2) is 0 Å². The number of benzene rings is 2. The molecule has 0 saturated heterocycles. The van der Waals surface area contributed by atoms with E-state index < -0.39 is 10.2 Å². The van der Waals surface area contributed by atoms with Crippen molar-refractivity contribution in [3.63, 3.8) is 0 Å². The van der Waals surface area contributed by atoms with Gasteiger partial charge in [-0.15, -0.1) is 10.2 Å². The van der Waals surface area contributed by atoms with Gasteiger partial charge in [0.1, 0.15) is 5.75 Å². The Balaban J connectivity index is 1.61. The number of nitro groups is 1. The summed E-state index contributed by atoms with van der Waals surface area (Å²) < 4.78 is 5.53. The van der Waals surface area contributed by atoms with Crippen molar-refractivity contribution in [3.05, 3.63) is 58.6 Å². The minimum Gasteiger partial charge on any atom is -0.508 e. The van der Waals surface area contributed by atoms with E-state index in [1.165, 1.54) is 36.4 Å². The maximum Gasteiger partial charge on any atom is 0.277 e. The molecule has 10 heteroatoms. The molecule has 3 aromatic rings. The Labute approximate surface area is 157 Å². The largest absolute Gasteiger partial charge is 0.508 e. The fraction of sp³-hybridized carbons (Fsp3) is 0.118. The standard InChI is InChI=1S/C17H14N4O5S/c1-10(15(23)18-12-4-6-13(7-5-12)21(24)25)27-17-20-19-16(26-17)11-2-8-14(22)9-3-11/h2-10,22H,1H3,(H,18,23)/t10-/m0/s1. The second-order valence-electron chi connectivity index (χ2n) is 5.47. The second-order valence-corrected chi connectivity index (χ2v) is 6.77. The number of aromatic hydroxyl groups is 1. The summed E-state index contributed by atoms with van der Waals surface area (Å²) in [5, 5.41) is 30.1. The van der Waals surface area contributed by atoms with Gasteiger partial charge in [-0.05, 0) is 43.3 Å². The molecular weight excluding hydrogens is 372 g/mol. The summed E-state index contributed by atoms with van der Waals surface area (Å²) in [4.78, 5) is 22.4. The first-order valence-electron chi connectivity index (χ1n) is 7.77. The van der Waals surface area contributed by atoms with E-state index in [0.717, 1.165) is 11.8 Å². The molecule has 0 aliphatic heterocycles. The summed E-state index contributed by atoms with van der Waals surface area (Å²) in [6.07, 6.45) is 0. The molecule has 0 fully saturated rings. The zero-order valence-corrected chi connectivity index (χ0v) is 14.8. The molecule has 2 N–H and O–H groups in total. The predicted molar refractivity (Wildman–Crippen MR) is 98.4 cm³/mol. The molecule has 0 spiro atoms. The molecule has 0 saturated carbocycles. The van der Waals surface area contributed by atoms with E-state index in [2.05, 4.69) is 15.5 Å². The Morgan fingerprint density at radius 1 is 1.19 bits per heavy atom. The van der Waals surface area contributed by atoms with Crippen molar-refractivity contribution in [1.29, 1.82) is 0 Å². The zero-order valence-electron chi connectivity index (χ0n) is 14.0. The average Bonchev–Trinajstić information content (AvgIpc) is 3.11. The second kappa shape index (κ2) is 7.87. The summed E-state index contributed by atoms with van der Waals surface area (Å²) in [5.41, 5.74) is 1.05. The molecule has 138 valence electrons. The number of aromatic nitrogens is 2. The number of hydrogen-bond donors (Lipinski definition) is 2. The van der Waals surface area contributed by atoms with Crippen LogP contribution in [-0.2, 0) is 4.79 Å². The van der Waals surface area contributed by atoms with Crippen LogP contribution < -0.4 is 5.32 Å². The summed E-state index contributed by atoms with van der Waals surface area (Å²) >= 11 is 1.09. The summed E-state index contributed by atoms with van der Waals surface area (Å²) in [7, 11) is 0. The number of amides is 1. The highest BCUT2D eigenvalue weighted by molar-refractivity contribution is 8.00. The Kier molecular flexibility index (Phi) is 5.36. The van der Waals surface area contributed by atoms with Crippen LogP contribution in [0.1, 0.15) is 6.92 Å². The topological polar surface area (TPSA) is 131 Å². The van der Waals surface area contributed by atoms with Crippen LogP contribution in [0.5, 0.6) is 5.75 Å². The first-order valence-corrected chi connectivity index (χ1v) is 8.65. The molecule has 2 aromatic carbocycles. The molecule has 0 bridgehead atoms. The van der Waals surface area contributed by atoms with E-state index in [0.29, 0.717) is 11.3 Å². The number of phenolic OH excluding ortho intramolecular Hbond substituents is 1. The number of nitrogens with zero attached hydrogens (tertiary/aromatic N) is 3. The maximum absolute atomic E-state index is 12.3. The minimum atomic E-state index is -0.534. The van der Waals surface area contributed by atoms with E-state index in [1.54, 1.807) is 19.1 Å². The van der Waals surface area contributed by atoms with Gasteiger partial charge in [-0.2, -0.15) is 0 Å². The third-order valence-electron chi connectivity index (χ3n) is 3.51. The third kappa shape index (κ3) is 4.61. The molecule has 9 nitrogen and oxygen atoms in total. The monoisotopic (exact) mass is 386 g/mol. The quantitative estimate of drug-likeness (QED) is 0.374. The molecule has 0 aliphatic rings. The minimum absolute atomic E-state index is 0.0527. The average molecular weight is 386 g/mol. The molecule has 0 aliphatic carbocycles. The maximum atomic E-state index is 12.3. The normalized spacial score (nSPS) is 11.7. The summed E-state index contributed by atoms with van der Waals surface area (Å²) in [6.45, 7) is 1.68. The van der Waals surface area contributed by atoms with E-state index in [1.807, 2.05) is 0 Å². The van der Waals surface area contributed by atoms with Crippen molar-refractivity contribution < 1.29 is 19.2 Å². The molecule has 0 unspecified atom stereocenters. The van der Waals surface area contributed by atoms with Crippen molar-refractivity contribution in [2.45, 2.75) is 17.4 Å². The Bertz CT molecular complexity index is 956. The first-order chi connectivity index (χ1) is 12.9. The number of hydrogen-bond acceptors (Lipinski definition) is 8. The van der Waals surface area contributed by atoms with Crippen LogP contribution in [0.25, 0.3) is 11.5 Å². The number of nitrogens with one attached hydrogen (secondary N) is 1. The van der Waals surface area contributed by atoms with Crippen LogP contribution in [0.15, 0.2) is 58.2 Å². The Morgan fingerprint density at radius 2 is 1.85 bits per heavy atom. The lowest BCUT2D eigenvalue weighted by atomic mass is 10.2. The van der Waals surface area contributed by atoms with Crippen molar-refractivity contribution in [2.75, 3.05) is 5.32 Å². The molecule has 1 heterocycles. The van der Waals surface area contributed by atoms with Crippen molar-refractivity contribution in [3.8, 4) is 17.2 Å². The Morgan fingerprint density at radius 3 is 2.48 bits per heavy atom. The number of carbonyl (C=O) groups excluding carboxylic acids is 1. The van der Waals surface area contributed by atoms with E-state index >= 15 is 0 Å². The highest BCUT2D eigenvalue weighted by Gasteiger charge is 2.19. The van der Waals surface area contributed by atoms with Crippen LogP contribution in [0.4, 0.5) is 11.4 Å². The highest BCUT2D eigenvalue weighted by Crippen LogP contribution is 2.27. The van der Waals surface area contributed by atoms with Gasteiger partial charge in [-0.3, -0.25) is 14.9 Å². The predicted octanol–water partition coefficient (Wildman–Crippen LogP) is 3.47. The van der Waals surface area contributed by atoms with Gasteiger partial charge in [0.25, 0.3) is 10.9 Å². The third-order valence-corrected chi connectivity index (χ3v) is 4.45. The lowest BCUT2D eigenvalue weighted by Crippen LogP contribution is -2.22. The number of non-ortho nitro benzene ring substituents is 1. The molecule has 1 atom stereocenters. The molecular formula is C17H14N4O5S. The molecule has 27 heavy (non-hydrogen) atoms. The van der Waals surface area contributed by atoms with Crippen LogP contribution in [-0.4, -0.2) is 31.4 Å². The van der Waals surface area contributed by atoms with Crippen molar-refractivity contribution in [1.82, 2.24) is 10.2 Å². The van der Waals surface area contributed by atoms with Gasteiger partial charge in [0, 0.05) is 23.4 Å². The first kappa shape index (κ1) is 18.4. The molecule has 3 rings (SSSR count). The number of rotatable bonds is 6. The van der Waals surface area contributed by atoms with Gasteiger partial charge < -0.3 is 14.8 Å². The van der Waals surface area contributed by atoms with Crippen LogP contribution >= 0.6 is 11.8 Å². The van der Waals surface area contributed by atoms with E-state index in [4.69, 9.17) is 4.42 Å². The lowest BCUT2D eigenvalue weighted by molar-refractivity contribution is -0.384. The fourth-order valence-corrected chi connectivity index (χ4v) is 2.78. The van der Waals surface area contributed by atoms with Gasteiger partial charge in [0.05, 0.1) is 10.2 Å². The number of phenols is 1. The van der Waals surface area contributed by atoms with Crippen molar-refractivity contribution in [2.24, 2.45) is 0 Å². The molecule has 1 amide bonds. The number of nitro benzene ring substituents is 1. The molecule has 0 radical (unpaired) electrons. The zero-order chi connectivity index (χ0) is 19.4. The fourth-order valence-electron chi connectivity index (χ4n) is 2.09. The van der Waals surface area contributed by atoms with Gasteiger partial charge in [-0.1, -0.05) is 11.8 Å². The van der Waals surface area contributed by atoms with Crippen LogP contribution in [0.2, 0.25) is 0 Å². The van der Waals surface area contributed by atoms with Crippen LogP contribution in [0.3, 0.4) is 0 Å². The number of carbonyl (C=O) groups is 1. The smallest absolute Gasteiger partial charge is 0.277 e. The summed E-state index contributed by atoms with van der Waals surface area (Å²) in [6, 6.07) is 11.8. The Hall–Kier alpha value is -3.40.